The van der Waals surface area contributed by atoms with Crippen LogP contribution in [0.2, 0.25) is 0 Å². The first kappa shape index (κ1) is 15.4. The summed E-state index contributed by atoms with van der Waals surface area (Å²) < 4.78 is 5.49. The number of nitrogens with one attached hydrogen (secondary N) is 1. The van der Waals surface area contributed by atoms with E-state index >= 15 is 0 Å². The van der Waals surface area contributed by atoms with Crippen LogP contribution in [0.5, 0.6) is 5.75 Å². The van der Waals surface area contributed by atoms with Gasteiger partial charge in [0.15, 0.2) is 0 Å². The minimum absolute atomic E-state index is 0.421. The fourth-order valence-electron chi connectivity index (χ4n) is 3.01. The molecule has 0 bridgehead atoms. The third-order valence-electron chi connectivity index (χ3n) is 4.54. The topological polar surface area (TPSA) is 21.3 Å². The molecule has 1 unspecified atom stereocenters. The lowest BCUT2D eigenvalue weighted by atomic mass is 9.83. The van der Waals surface area contributed by atoms with Crippen LogP contribution in [-0.4, -0.2) is 13.2 Å². The maximum Gasteiger partial charge on any atom is 0.119 e. The maximum atomic E-state index is 5.49. The van der Waals surface area contributed by atoms with E-state index in [-0.39, 0.29) is 0 Å². The summed E-state index contributed by atoms with van der Waals surface area (Å²) in [4.78, 5) is 0. The van der Waals surface area contributed by atoms with Gasteiger partial charge >= 0.3 is 0 Å². The van der Waals surface area contributed by atoms with Crippen LogP contribution in [0.15, 0.2) is 24.3 Å². The Morgan fingerprint density at radius 2 is 1.80 bits per heavy atom. The lowest BCUT2D eigenvalue weighted by molar-refractivity contribution is 0.276. The van der Waals surface area contributed by atoms with Crippen molar-refractivity contribution in [1.29, 1.82) is 0 Å². The molecule has 0 radical (unpaired) electrons. The van der Waals surface area contributed by atoms with Crippen LogP contribution in [0, 0.1) is 11.8 Å². The Balaban J connectivity index is 1.77. The number of benzene rings is 1. The molecule has 0 saturated heterocycles. The Kier molecular flexibility index (Phi) is 5.90. The molecule has 0 spiro atoms. The zero-order valence-corrected chi connectivity index (χ0v) is 13.2. The van der Waals surface area contributed by atoms with Crippen molar-refractivity contribution in [3.8, 4) is 5.75 Å². The van der Waals surface area contributed by atoms with Gasteiger partial charge in [0.1, 0.15) is 5.75 Å². The number of hydrogen-bond donors (Lipinski definition) is 1. The van der Waals surface area contributed by atoms with Crippen molar-refractivity contribution >= 4 is 0 Å². The Hall–Kier alpha value is -1.02. The summed E-state index contributed by atoms with van der Waals surface area (Å²) in [6.07, 6.45) is 5.60. The van der Waals surface area contributed by atoms with Crippen LogP contribution in [0.3, 0.4) is 0 Å². The molecule has 112 valence electrons. The summed E-state index contributed by atoms with van der Waals surface area (Å²) in [5.41, 5.74) is 1.35. The molecule has 2 rings (SSSR count). The zero-order valence-electron chi connectivity index (χ0n) is 13.2. The van der Waals surface area contributed by atoms with Crippen molar-refractivity contribution in [3.63, 3.8) is 0 Å². The summed E-state index contributed by atoms with van der Waals surface area (Å²) in [5, 5.41) is 3.69. The van der Waals surface area contributed by atoms with Gasteiger partial charge in [-0.3, -0.25) is 0 Å². The largest absolute Gasteiger partial charge is 0.494 e. The van der Waals surface area contributed by atoms with E-state index in [1.807, 2.05) is 6.92 Å². The second-order valence-electron chi connectivity index (χ2n) is 6.26. The molecule has 1 saturated carbocycles. The van der Waals surface area contributed by atoms with Gasteiger partial charge in [-0.05, 0) is 62.8 Å². The first-order valence-electron chi connectivity index (χ1n) is 8.15. The predicted octanol–water partition coefficient (Wildman–Crippen LogP) is 4.56. The standard InChI is InChI=1S/C18H29NO/c1-4-20-18-11-9-17(10-12-18)15(3)19-13-16-7-5-14(2)6-8-16/h9-12,14-16,19H,4-8,13H2,1-3H3. The molecule has 20 heavy (non-hydrogen) atoms. The summed E-state index contributed by atoms with van der Waals surface area (Å²) in [7, 11) is 0. The van der Waals surface area contributed by atoms with E-state index in [0.717, 1.165) is 30.7 Å². The average molecular weight is 275 g/mol. The van der Waals surface area contributed by atoms with Crippen LogP contribution in [-0.2, 0) is 0 Å². The fraction of sp³-hybridized carbons (Fsp3) is 0.667. The number of ether oxygens (including phenoxy) is 1. The molecule has 1 aromatic rings. The van der Waals surface area contributed by atoms with Crippen molar-refractivity contribution in [3.05, 3.63) is 29.8 Å². The minimum atomic E-state index is 0.421. The van der Waals surface area contributed by atoms with Gasteiger partial charge in [-0.2, -0.15) is 0 Å². The minimum Gasteiger partial charge on any atom is -0.494 e. The molecule has 1 N–H and O–H groups in total. The molecule has 1 aliphatic carbocycles. The second-order valence-corrected chi connectivity index (χ2v) is 6.26. The first-order valence-corrected chi connectivity index (χ1v) is 8.15. The summed E-state index contributed by atoms with van der Waals surface area (Å²) in [5.74, 6) is 2.77. The summed E-state index contributed by atoms with van der Waals surface area (Å²) in [6.45, 7) is 8.53. The van der Waals surface area contributed by atoms with Crippen LogP contribution in [0.25, 0.3) is 0 Å². The third kappa shape index (κ3) is 4.52. The van der Waals surface area contributed by atoms with Gasteiger partial charge in [-0.25, -0.2) is 0 Å². The van der Waals surface area contributed by atoms with Crippen LogP contribution < -0.4 is 10.1 Å². The van der Waals surface area contributed by atoms with Gasteiger partial charge in [0.2, 0.25) is 0 Å². The molecule has 1 atom stereocenters. The van der Waals surface area contributed by atoms with E-state index in [9.17, 15) is 0 Å². The van der Waals surface area contributed by atoms with Crippen molar-refractivity contribution in [2.45, 2.75) is 52.5 Å². The number of hydrogen-bond acceptors (Lipinski definition) is 2. The maximum absolute atomic E-state index is 5.49. The van der Waals surface area contributed by atoms with E-state index in [1.165, 1.54) is 31.2 Å². The molecule has 2 nitrogen and oxygen atoms in total. The van der Waals surface area contributed by atoms with Crippen molar-refractivity contribution in [2.24, 2.45) is 11.8 Å². The van der Waals surface area contributed by atoms with Gasteiger partial charge in [0.25, 0.3) is 0 Å². The highest BCUT2D eigenvalue weighted by Crippen LogP contribution is 2.28. The number of rotatable bonds is 6. The fourth-order valence-corrected chi connectivity index (χ4v) is 3.01. The summed E-state index contributed by atoms with van der Waals surface area (Å²) >= 11 is 0. The monoisotopic (exact) mass is 275 g/mol. The summed E-state index contributed by atoms with van der Waals surface area (Å²) in [6, 6.07) is 8.90. The van der Waals surface area contributed by atoms with Crippen LogP contribution >= 0.6 is 0 Å². The van der Waals surface area contributed by atoms with Gasteiger partial charge in [0.05, 0.1) is 6.61 Å². The molecule has 2 heteroatoms. The lowest BCUT2D eigenvalue weighted by Crippen LogP contribution is -2.28. The van der Waals surface area contributed by atoms with E-state index in [2.05, 4.69) is 43.4 Å². The van der Waals surface area contributed by atoms with Crippen molar-refractivity contribution in [1.82, 2.24) is 5.32 Å². The Morgan fingerprint density at radius 3 is 2.40 bits per heavy atom. The molecule has 0 heterocycles. The lowest BCUT2D eigenvalue weighted by Gasteiger charge is -2.27. The highest BCUT2D eigenvalue weighted by molar-refractivity contribution is 5.28. The van der Waals surface area contributed by atoms with E-state index in [4.69, 9.17) is 4.74 Å². The quantitative estimate of drug-likeness (QED) is 0.821. The Bertz CT molecular complexity index is 379. The van der Waals surface area contributed by atoms with Gasteiger partial charge in [-0.15, -0.1) is 0 Å². The molecular weight excluding hydrogens is 246 g/mol. The molecule has 0 amide bonds. The second kappa shape index (κ2) is 7.68. The van der Waals surface area contributed by atoms with Crippen molar-refractivity contribution < 1.29 is 4.74 Å². The van der Waals surface area contributed by atoms with Gasteiger partial charge in [-0.1, -0.05) is 31.9 Å². The Morgan fingerprint density at radius 1 is 1.15 bits per heavy atom. The van der Waals surface area contributed by atoms with E-state index < -0.39 is 0 Å². The Labute approximate surface area is 123 Å². The molecule has 1 aliphatic rings. The smallest absolute Gasteiger partial charge is 0.119 e. The molecular formula is C18H29NO. The van der Waals surface area contributed by atoms with E-state index in [0.29, 0.717) is 6.04 Å². The molecule has 1 aromatic carbocycles. The SMILES string of the molecule is CCOc1ccc(C(C)NCC2CCC(C)CC2)cc1. The highest BCUT2D eigenvalue weighted by Gasteiger charge is 2.18. The normalized spacial score (nSPS) is 24.4. The van der Waals surface area contributed by atoms with E-state index in [1.54, 1.807) is 0 Å². The van der Waals surface area contributed by atoms with Gasteiger partial charge < -0.3 is 10.1 Å². The van der Waals surface area contributed by atoms with Crippen LogP contribution in [0.4, 0.5) is 0 Å². The first-order chi connectivity index (χ1) is 9.69. The average Bonchev–Trinajstić information content (AvgIpc) is 2.47. The molecule has 0 aromatic heterocycles. The molecule has 0 aliphatic heterocycles. The van der Waals surface area contributed by atoms with Crippen LogP contribution in [0.1, 0.15) is 58.1 Å². The molecule has 1 fully saturated rings. The van der Waals surface area contributed by atoms with Crippen molar-refractivity contribution in [2.75, 3.05) is 13.2 Å². The third-order valence-corrected chi connectivity index (χ3v) is 4.54. The highest BCUT2D eigenvalue weighted by atomic mass is 16.5. The zero-order chi connectivity index (χ0) is 14.4. The van der Waals surface area contributed by atoms with Gasteiger partial charge in [0, 0.05) is 6.04 Å². The predicted molar refractivity (Wildman–Crippen MR) is 85.2 cm³/mol.